The van der Waals surface area contributed by atoms with Crippen molar-refractivity contribution in [2.75, 3.05) is 0 Å². The van der Waals surface area contributed by atoms with E-state index < -0.39 is 10.9 Å². The molecule has 1 aromatic carbocycles. The first-order valence-corrected chi connectivity index (χ1v) is 3.07. The molecule has 1 aromatic rings. The third-order valence-corrected chi connectivity index (χ3v) is 1.31. The number of carboxylic acids is 1. The summed E-state index contributed by atoms with van der Waals surface area (Å²) in [6, 6.07) is 4.50. The maximum Gasteiger partial charge on any atom is 1.00 e. The first-order valence-electron chi connectivity index (χ1n) is 3.07. The van der Waals surface area contributed by atoms with Gasteiger partial charge in [0.1, 0.15) is 0 Å². The molecule has 0 bridgehead atoms. The van der Waals surface area contributed by atoms with Gasteiger partial charge in [0.05, 0.1) is 10.9 Å². The molecule has 0 aliphatic carbocycles. The number of carbonyl (C=O) groups excluding carboxylic acids is 1. The zero-order chi connectivity index (χ0) is 9.14. The number of benzene rings is 1. The van der Waals surface area contributed by atoms with Crippen LogP contribution in [0.5, 0.6) is 0 Å². The summed E-state index contributed by atoms with van der Waals surface area (Å²) >= 11 is 0. The average Bonchev–Trinajstić information content (AvgIpc) is 2.04. The fourth-order valence-electron chi connectivity index (χ4n) is 0.719. The molecule has 0 heterocycles. The summed E-state index contributed by atoms with van der Waals surface area (Å²) in [5.41, 5.74) is -0.208. The van der Waals surface area contributed by atoms with Crippen molar-refractivity contribution in [1.29, 1.82) is 0 Å². The van der Waals surface area contributed by atoms with Crippen molar-refractivity contribution >= 4 is 11.7 Å². The summed E-state index contributed by atoms with van der Waals surface area (Å²) in [6.45, 7) is 0. The number of hydrogen-bond donors (Lipinski definition) is 0. The van der Waals surface area contributed by atoms with Gasteiger partial charge in [0.15, 0.2) is 0 Å². The summed E-state index contributed by atoms with van der Waals surface area (Å²) in [6.07, 6.45) is 0. The molecule has 70 valence electrons. The first-order chi connectivity index (χ1) is 5.61. The Morgan fingerprint density at radius 1 is 1.21 bits per heavy atom. The van der Waals surface area contributed by atoms with E-state index in [1.54, 1.807) is 0 Å². The summed E-state index contributed by atoms with van der Waals surface area (Å²) in [5.74, 6) is -1.34. The van der Waals surface area contributed by atoms with Crippen molar-refractivity contribution in [2.45, 2.75) is 0 Å². The minimum Gasteiger partial charge on any atom is -0.545 e. The average molecular weight is 207 g/mol. The van der Waals surface area contributed by atoms with E-state index >= 15 is 0 Å². The van der Waals surface area contributed by atoms with Gasteiger partial charge in [0, 0.05) is 12.1 Å². The molecule has 2 N–H and O–H groups in total. The van der Waals surface area contributed by atoms with E-state index in [1.165, 1.54) is 0 Å². The summed E-state index contributed by atoms with van der Waals surface area (Å²) < 4.78 is 0. The van der Waals surface area contributed by atoms with Crippen LogP contribution in [0.2, 0.25) is 0 Å². The number of rotatable bonds is 2. The van der Waals surface area contributed by atoms with Gasteiger partial charge in [-0.2, -0.15) is 0 Å². The molecular weight excluding hydrogens is 201 g/mol. The Bertz CT molecular complexity index is 290. The van der Waals surface area contributed by atoms with Gasteiger partial charge >= 0.3 is 29.6 Å². The predicted molar refractivity (Wildman–Crippen MR) is 41.0 cm³/mol. The second-order valence-corrected chi connectivity index (χ2v) is 2.09. The Balaban J connectivity index is 0. The monoisotopic (exact) mass is 207 g/mol. The van der Waals surface area contributed by atoms with Crippen molar-refractivity contribution in [3.05, 3.63) is 39.9 Å². The van der Waals surface area contributed by atoms with Gasteiger partial charge in [-0.1, -0.05) is 0 Å². The van der Waals surface area contributed by atoms with Crippen molar-refractivity contribution in [1.82, 2.24) is 0 Å². The minimum atomic E-state index is -1.34. The maximum atomic E-state index is 10.2. The predicted octanol–water partition coefficient (Wildman–Crippen LogP) is -3.86. The number of nitro groups is 1. The molecule has 0 aliphatic rings. The topological polar surface area (TPSA) is 115 Å². The van der Waals surface area contributed by atoms with Gasteiger partial charge in [-0.15, -0.1) is 0 Å². The van der Waals surface area contributed by atoms with Gasteiger partial charge in [-0.25, -0.2) is 0 Å². The molecule has 1 rings (SSSR count). The molecule has 0 atom stereocenters. The van der Waals surface area contributed by atoms with Gasteiger partial charge < -0.3 is 15.4 Å². The van der Waals surface area contributed by atoms with Crippen LogP contribution < -0.4 is 34.7 Å². The third kappa shape index (κ3) is 3.84. The van der Waals surface area contributed by atoms with Crippen LogP contribution in [0.4, 0.5) is 5.69 Å². The van der Waals surface area contributed by atoms with Gasteiger partial charge in [0.2, 0.25) is 0 Å². The number of carbonyl (C=O) groups is 1. The van der Waals surface area contributed by atoms with E-state index in [0.29, 0.717) is 0 Å². The summed E-state index contributed by atoms with van der Waals surface area (Å²) in [4.78, 5) is 19.7. The van der Waals surface area contributed by atoms with E-state index in [4.69, 9.17) is 0 Å². The second kappa shape index (κ2) is 6.50. The molecule has 0 fully saturated rings. The van der Waals surface area contributed by atoms with E-state index in [0.717, 1.165) is 24.3 Å². The Kier molecular flexibility index (Phi) is 7.20. The number of hydrogen-bond acceptors (Lipinski definition) is 4. The Hall–Kier alpha value is -0.950. The molecule has 0 spiro atoms. The van der Waals surface area contributed by atoms with Crippen LogP contribution in [0.25, 0.3) is 0 Å². The summed E-state index contributed by atoms with van der Waals surface area (Å²) in [5, 5.41) is 20.3. The Labute approximate surface area is 101 Å². The van der Waals surface area contributed by atoms with Crippen LogP contribution in [-0.4, -0.2) is 16.4 Å². The SMILES string of the molecule is O.O=C([O-])c1ccc([N+](=O)[O-])cc1.[Na+]. The van der Waals surface area contributed by atoms with E-state index in [1.807, 2.05) is 0 Å². The number of nitro benzene ring substituents is 1. The largest absolute Gasteiger partial charge is 1.00 e. The number of carboxylic acid groups (broad SMARTS) is 1. The van der Waals surface area contributed by atoms with Crippen molar-refractivity contribution < 1.29 is 49.9 Å². The van der Waals surface area contributed by atoms with Crippen LogP contribution in [0.3, 0.4) is 0 Å². The quantitative estimate of drug-likeness (QED) is 0.280. The van der Waals surface area contributed by atoms with Gasteiger partial charge in [-0.3, -0.25) is 10.1 Å². The third-order valence-electron chi connectivity index (χ3n) is 1.31. The fourth-order valence-corrected chi connectivity index (χ4v) is 0.719. The van der Waals surface area contributed by atoms with Gasteiger partial charge in [0.25, 0.3) is 5.69 Å². The van der Waals surface area contributed by atoms with Crippen molar-refractivity contribution in [3.8, 4) is 0 Å². The smallest absolute Gasteiger partial charge is 0.545 e. The zero-order valence-corrected chi connectivity index (χ0v) is 9.39. The van der Waals surface area contributed by atoms with Gasteiger partial charge in [-0.05, 0) is 17.7 Å². The van der Waals surface area contributed by atoms with E-state index in [-0.39, 0.29) is 46.3 Å². The normalized spacial score (nSPS) is 8.00. The molecule has 0 radical (unpaired) electrons. The van der Waals surface area contributed by atoms with Crippen LogP contribution in [0, 0.1) is 10.1 Å². The molecule has 0 saturated carbocycles. The molecule has 14 heavy (non-hydrogen) atoms. The first kappa shape index (κ1) is 15.5. The van der Waals surface area contributed by atoms with Crippen molar-refractivity contribution in [2.24, 2.45) is 0 Å². The fraction of sp³-hybridized carbons (Fsp3) is 0. The molecule has 0 saturated heterocycles. The minimum absolute atomic E-state index is 0. The van der Waals surface area contributed by atoms with Crippen LogP contribution >= 0.6 is 0 Å². The standard InChI is InChI=1S/C7H5NO4.Na.H2O/c9-7(10)5-1-3-6(4-2-5)8(11)12;;/h1-4H,(H,9,10);;1H2/q;+1;/p-1. The summed E-state index contributed by atoms with van der Waals surface area (Å²) in [7, 11) is 0. The zero-order valence-electron chi connectivity index (χ0n) is 7.39. The Morgan fingerprint density at radius 2 is 1.64 bits per heavy atom. The molecule has 0 amide bonds. The molecule has 0 aromatic heterocycles. The van der Waals surface area contributed by atoms with Crippen LogP contribution in [-0.2, 0) is 0 Å². The van der Waals surface area contributed by atoms with E-state index in [2.05, 4.69) is 0 Å². The van der Waals surface area contributed by atoms with Crippen LogP contribution in [0.15, 0.2) is 24.3 Å². The van der Waals surface area contributed by atoms with Crippen LogP contribution in [0.1, 0.15) is 10.4 Å². The van der Waals surface area contributed by atoms with Crippen molar-refractivity contribution in [3.63, 3.8) is 0 Å². The molecule has 0 aliphatic heterocycles. The molecule has 6 nitrogen and oxygen atoms in total. The Morgan fingerprint density at radius 3 is 1.93 bits per heavy atom. The number of nitrogens with zero attached hydrogens (tertiary/aromatic N) is 1. The number of aromatic carboxylic acids is 1. The van der Waals surface area contributed by atoms with E-state index in [9.17, 15) is 20.0 Å². The molecule has 0 unspecified atom stereocenters. The second-order valence-electron chi connectivity index (χ2n) is 2.09. The molecule has 7 heteroatoms. The maximum absolute atomic E-state index is 10.2. The molecular formula is C7H6NNaO5. The number of non-ortho nitro benzene ring substituents is 1.